The van der Waals surface area contributed by atoms with E-state index < -0.39 is 5.97 Å². The second-order valence-electron chi connectivity index (χ2n) is 3.62. The maximum absolute atomic E-state index is 10.8. The normalized spacial score (nSPS) is 9.89. The predicted octanol–water partition coefficient (Wildman–Crippen LogP) is 1.26. The summed E-state index contributed by atoms with van der Waals surface area (Å²) in [6.45, 7) is 8.03. The van der Waals surface area contributed by atoms with Gasteiger partial charge in [-0.05, 0) is 13.8 Å². The third-order valence-electron chi connectivity index (χ3n) is 2.27. The molecule has 0 bridgehead atoms. The lowest BCUT2D eigenvalue weighted by Crippen LogP contribution is -2.31. The number of nitrogens with zero attached hydrogens (tertiary/aromatic N) is 3. The van der Waals surface area contributed by atoms with Crippen molar-refractivity contribution in [2.75, 3.05) is 24.6 Å². The molecule has 1 aromatic heterocycles. The lowest BCUT2D eigenvalue weighted by Gasteiger charge is -2.22. The van der Waals surface area contributed by atoms with E-state index in [0.717, 1.165) is 5.56 Å². The molecule has 1 aromatic rings. The molecule has 0 saturated heterocycles. The molecule has 1 N–H and O–H groups in total. The number of aliphatic carboxylic acids is 1. The van der Waals surface area contributed by atoms with E-state index in [0.29, 0.717) is 24.8 Å². The standard InChI is InChI=1S/C12H17N3O3/c1-4-6-15(7-10(16)17)11-9(3)12(18-5-2)14-8-13-11/h4,8H,1,5-7H2,2-3H3,(H,16,17). The number of aromatic nitrogens is 2. The number of hydrogen-bond acceptors (Lipinski definition) is 5. The SMILES string of the molecule is C=CCN(CC(=O)O)c1ncnc(OCC)c1C. The lowest BCUT2D eigenvalue weighted by atomic mass is 10.3. The second-order valence-corrected chi connectivity index (χ2v) is 3.62. The first-order chi connectivity index (χ1) is 8.60. The van der Waals surface area contributed by atoms with Crippen molar-refractivity contribution >= 4 is 11.8 Å². The molecule has 0 unspecified atom stereocenters. The van der Waals surface area contributed by atoms with E-state index in [1.165, 1.54) is 6.33 Å². The van der Waals surface area contributed by atoms with Crippen molar-refractivity contribution < 1.29 is 14.6 Å². The summed E-state index contributed by atoms with van der Waals surface area (Å²) >= 11 is 0. The summed E-state index contributed by atoms with van der Waals surface area (Å²) in [5.41, 5.74) is 0.724. The molecule has 0 aliphatic rings. The first-order valence-corrected chi connectivity index (χ1v) is 5.62. The Morgan fingerprint density at radius 1 is 1.61 bits per heavy atom. The Labute approximate surface area is 106 Å². The van der Waals surface area contributed by atoms with Crippen LogP contribution in [0.3, 0.4) is 0 Å². The average Bonchev–Trinajstić information content (AvgIpc) is 2.31. The summed E-state index contributed by atoms with van der Waals surface area (Å²) in [7, 11) is 0. The van der Waals surface area contributed by atoms with Gasteiger partial charge in [-0.1, -0.05) is 6.08 Å². The van der Waals surface area contributed by atoms with Crippen molar-refractivity contribution in [3.63, 3.8) is 0 Å². The fraction of sp³-hybridized carbons (Fsp3) is 0.417. The van der Waals surface area contributed by atoms with Gasteiger partial charge in [-0.15, -0.1) is 6.58 Å². The molecule has 0 amide bonds. The zero-order chi connectivity index (χ0) is 13.5. The van der Waals surface area contributed by atoms with E-state index >= 15 is 0 Å². The highest BCUT2D eigenvalue weighted by atomic mass is 16.5. The third-order valence-corrected chi connectivity index (χ3v) is 2.27. The molecule has 0 atom stereocenters. The monoisotopic (exact) mass is 251 g/mol. The van der Waals surface area contributed by atoms with Gasteiger partial charge in [-0.25, -0.2) is 9.97 Å². The number of rotatable bonds is 7. The topological polar surface area (TPSA) is 75.6 Å². The quantitative estimate of drug-likeness (QED) is 0.735. The molecule has 0 fully saturated rings. The van der Waals surface area contributed by atoms with Crippen LogP contribution < -0.4 is 9.64 Å². The minimum absolute atomic E-state index is 0.143. The molecule has 1 rings (SSSR count). The molecular weight excluding hydrogens is 234 g/mol. The minimum Gasteiger partial charge on any atom is -0.480 e. The lowest BCUT2D eigenvalue weighted by molar-refractivity contribution is -0.135. The van der Waals surface area contributed by atoms with E-state index in [1.807, 2.05) is 6.92 Å². The van der Waals surface area contributed by atoms with Crippen LogP contribution >= 0.6 is 0 Å². The number of anilines is 1. The average molecular weight is 251 g/mol. The van der Waals surface area contributed by atoms with E-state index in [9.17, 15) is 4.79 Å². The van der Waals surface area contributed by atoms with Gasteiger partial charge in [-0.3, -0.25) is 4.79 Å². The van der Waals surface area contributed by atoms with Gasteiger partial charge in [0, 0.05) is 6.54 Å². The molecule has 0 spiro atoms. The van der Waals surface area contributed by atoms with Crippen LogP contribution in [0.4, 0.5) is 5.82 Å². The zero-order valence-electron chi connectivity index (χ0n) is 10.6. The summed E-state index contributed by atoms with van der Waals surface area (Å²) in [6.07, 6.45) is 3.00. The van der Waals surface area contributed by atoms with Gasteiger partial charge < -0.3 is 14.7 Å². The van der Waals surface area contributed by atoms with Crippen LogP contribution in [0.25, 0.3) is 0 Å². The van der Waals surface area contributed by atoms with Gasteiger partial charge in [0.25, 0.3) is 0 Å². The molecule has 0 saturated carbocycles. The summed E-state index contributed by atoms with van der Waals surface area (Å²) in [6, 6.07) is 0. The van der Waals surface area contributed by atoms with Gasteiger partial charge in [0.1, 0.15) is 18.7 Å². The Kier molecular flexibility index (Phi) is 5.10. The van der Waals surface area contributed by atoms with Crippen LogP contribution in [0.2, 0.25) is 0 Å². The molecule has 0 aliphatic heterocycles. The van der Waals surface area contributed by atoms with Crippen LogP contribution in [0, 0.1) is 6.92 Å². The smallest absolute Gasteiger partial charge is 0.323 e. The first-order valence-electron chi connectivity index (χ1n) is 5.62. The van der Waals surface area contributed by atoms with Crippen molar-refractivity contribution in [3.05, 3.63) is 24.5 Å². The maximum Gasteiger partial charge on any atom is 0.323 e. The number of carbonyl (C=O) groups is 1. The van der Waals surface area contributed by atoms with Crippen LogP contribution in [0.5, 0.6) is 5.88 Å². The van der Waals surface area contributed by atoms with E-state index in [-0.39, 0.29) is 6.54 Å². The summed E-state index contributed by atoms with van der Waals surface area (Å²) in [4.78, 5) is 20.6. The third kappa shape index (κ3) is 3.44. The Bertz CT molecular complexity index is 435. The largest absolute Gasteiger partial charge is 0.480 e. The highest BCUT2D eigenvalue weighted by Gasteiger charge is 2.16. The van der Waals surface area contributed by atoms with Gasteiger partial charge in [0.05, 0.1) is 12.2 Å². The molecule has 6 nitrogen and oxygen atoms in total. The molecule has 1 heterocycles. The fourth-order valence-electron chi connectivity index (χ4n) is 1.57. The van der Waals surface area contributed by atoms with Crippen molar-refractivity contribution in [2.45, 2.75) is 13.8 Å². The van der Waals surface area contributed by atoms with E-state index in [4.69, 9.17) is 9.84 Å². The Balaban J connectivity index is 3.06. The van der Waals surface area contributed by atoms with Crippen molar-refractivity contribution in [2.24, 2.45) is 0 Å². The number of carboxylic acid groups (broad SMARTS) is 1. The van der Waals surface area contributed by atoms with Crippen LogP contribution in [-0.2, 0) is 4.79 Å². The minimum atomic E-state index is -0.923. The van der Waals surface area contributed by atoms with Crippen molar-refractivity contribution in [3.8, 4) is 5.88 Å². The number of carboxylic acids is 1. The molecule has 18 heavy (non-hydrogen) atoms. The van der Waals surface area contributed by atoms with Crippen LogP contribution in [-0.4, -0.2) is 40.7 Å². The second kappa shape index (κ2) is 6.58. The molecule has 6 heteroatoms. The Morgan fingerprint density at radius 3 is 2.89 bits per heavy atom. The number of hydrogen-bond donors (Lipinski definition) is 1. The van der Waals surface area contributed by atoms with Crippen molar-refractivity contribution in [1.29, 1.82) is 0 Å². The van der Waals surface area contributed by atoms with E-state index in [1.54, 1.807) is 17.9 Å². The summed E-state index contributed by atoms with van der Waals surface area (Å²) in [5, 5.41) is 8.88. The van der Waals surface area contributed by atoms with Crippen LogP contribution in [0.1, 0.15) is 12.5 Å². The summed E-state index contributed by atoms with van der Waals surface area (Å²) in [5.74, 6) is 0.102. The first kappa shape index (κ1) is 14.0. The Hall–Kier alpha value is -2.11. The molecule has 0 aliphatic carbocycles. The highest BCUT2D eigenvalue weighted by molar-refractivity contribution is 5.73. The predicted molar refractivity (Wildman–Crippen MR) is 68.0 cm³/mol. The van der Waals surface area contributed by atoms with Gasteiger partial charge in [0.2, 0.25) is 5.88 Å². The highest BCUT2D eigenvalue weighted by Crippen LogP contribution is 2.23. The molecular formula is C12H17N3O3. The van der Waals surface area contributed by atoms with Gasteiger partial charge in [-0.2, -0.15) is 0 Å². The fourth-order valence-corrected chi connectivity index (χ4v) is 1.57. The Morgan fingerprint density at radius 2 is 2.33 bits per heavy atom. The van der Waals surface area contributed by atoms with Crippen LogP contribution in [0.15, 0.2) is 19.0 Å². The van der Waals surface area contributed by atoms with Gasteiger partial charge >= 0.3 is 5.97 Å². The molecule has 98 valence electrons. The van der Waals surface area contributed by atoms with Gasteiger partial charge in [0.15, 0.2) is 0 Å². The zero-order valence-corrected chi connectivity index (χ0v) is 10.6. The summed E-state index contributed by atoms with van der Waals surface area (Å²) < 4.78 is 5.36. The number of ether oxygens (including phenoxy) is 1. The van der Waals surface area contributed by atoms with Crippen molar-refractivity contribution in [1.82, 2.24) is 9.97 Å². The molecule has 0 aromatic carbocycles. The van der Waals surface area contributed by atoms with E-state index in [2.05, 4.69) is 16.5 Å². The maximum atomic E-state index is 10.8. The molecule has 0 radical (unpaired) electrons.